The lowest BCUT2D eigenvalue weighted by Gasteiger charge is -2.30. The van der Waals surface area contributed by atoms with Gasteiger partial charge in [0.25, 0.3) is 5.69 Å². The summed E-state index contributed by atoms with van der Waals surface area (Å²) >= 11 is 0. The molecular weight excluding hydrogens is 272 g/mol. The highest BCUT2D eigenvalue weighted by atomic mass is 16.6. The molecule has 1 atom stereocenters. The Hall–Kier alpha value is -2.37. The van der Waals surface area contributed by atoms with Crippen molar-refractivity contribution in [1.29, 1.82) is 0 Å². The second-order valence-corrected chi connectivity index (χ2v) is 4.72. The number of non-ortho nitro benzene ring substituents is 1. The van der Waals surface area contributed by atoms with Gasteiger partial charge in [0.05, 0.1) is 4.92 Å². The van der Waals surface area contributed by atoms with E-state index in [4.69, 9.17) is 5.11 Å². The Kier molecular flexibility index (Phi) is 5.90. The minimum absolute atomic E-state index is 0.0519. The fourth-order valence-corrected chi connectivity index (χ4v) is 2.15. The molecule has 6 nitrogen and oxygen atoms in total. The Labute approximate surface area is 123 Å². The van der Waals surface area contributed by atoms with Gasteiger partial charge in [-0.3, -0.25) is 10.1 Å². The number of nitro groups is 1. The second-order valence-electron chi connectivity index (χ2n) is 4.72. The molecule has 0 saturated heterocycles. The minimum Gasteiger partial charge on any atom is -0.478 e. The van der Waals surface area contributed by atoms with Crippen LogP contribution in [0.25, 0.3) is 6.08 Å². The lowest BCUT2D eigenvalue weighted by Crippen LogP contribution is -2.32. The van der Waals surface area contributed by atoms with E-state index in [9.17, 15) is 14.9 Å². The molecule has 0 spiro atoms. The Balaban J connectivity index is 3.35. The summed E-state index contributed by atoms with van der Waals surface area (Å²) in [5.41, 5.74) is 1.28. The Morgan fingerprint density at radius 1 is 1.48 bits per heavy atom. The molecular formula is C15H20N2O4. The topological polar surface area (TPSA) is 83.7 Å². The Bertz CT molecular complexity index is 555. The molecule has 0 heterocycles. The fraction of sp³-hybridized carbons (Fsp3) is 0.400. The van der Waals surface area contributed by atoms with E-state index in [1.807, 2.05) is 6.92 Å². The summed E-state index contributed by atoms with van der Waals surface area (Å²) < 4.78 is 0. The maximum absolute atomic E-state index is 10.9. The summed E-state index contributed by atoms with van der Waals surface area (Å²) in [4.78, 5) is 23.2. The summed E-state index contributed by atoms with van der Waals surface area (Å²) in [6.07, 6.45) is 3.32. The predicted octanol–water partition coefficient (Wildman–Crippen LogP) is 3.32. The first-order valence-electron chi connectivity index (χ1n) is 6.86. The third-order valence-electron chi connectivity index (χ3n) is 3.40. The van der Waals surface area contributed by atoms with Gasteiger partial charge in [0.15, 0.2) is 0 Å². The molecule has 0 fully saturated rings. The fourth-order valence-electron chi connectivity index (χ4n) is 2.15. The molecule has 0 aliphatic carbocycles. The quantitative estimate of drug-likeness (QED) is 0.473. The van der Waals surface area contributed by atoms with E-state index in [0.717, 1.165) is 24.7 Å². The summed E-state index contributed by atoms with van der Waals surface area (Å²) in [6.45, 7) is 6.86. The summed E-state index contributed by atoms with van der Waals surface area (Å²) in [7, 11) is 0. The minimum atomic E-state index is -1.08. The first kappa shape index (κ1) is 16.7. The van der Waals surface area contributed by atoms with Crippen molar-refractivity contribution in [2.24, 2.45) is 0 Å². The van der Waals surface area contributed by atoms with Crippen molar-refractivity contribution >= 4 is 23.4 Å². The third kappa shape index (κ3) is 4.30. The summed E-state index contributed by atoms with van der Waals surface area (Å²) in [5.74, 6) is -1.08. The van der Waals surface area contributed by atoms with Gasteiger partial charge in [-0.15, -0.1) is 0 Å². The number of carboxylic acid groups (broad SMARTS) is 1. The molecule has 1 unspecified atom stereocenters. The number of rotatable bonds is 7. The molecule has 1 N–H and O–H groups in total. The molecule has 0 bridgehead atoms. The van der Waals surface area contributed by atoms with Crippen molar-refractivity contribution in [3.63, 3.8) is 0 Å². The van der Waals surface area contributed by atoms with Gasteiger partial charge in [-0.2, -0.15) is 0 Å². The van der Waals surface area contributed by atoms with Crippen LogP contribution in [-0.2, 0) is 4.79 Å². The normalized spacial score (nSPS) is 12.3. The van der Waals surface area contributed by atoms with E-state index in [2.05, 4.69) is 18.7 Å². The number of nitrogens with zero attached hydrogens (tertiary/aromatic N) is 2. The van der Waals surface area contributed by atoms with E-state index in [1.54, 1.807) is 6.07 Å². The van der Waals surface area contributed by atoms with Crippen LogP contribution in [0.3, 0.4) is 0 Å². The summed E-state index contributed by atoms with van der Waals surface area (Å²) in [6, 6.07) is 4.78. The average molecular weight is 292 g/mol. The smallest absolute Gasteiger partial charge is 0.328 e. The van der Waals surface area contributed by atoms with Crippen LogP contribution in [0.1, 0.15) is 32.8 Å². The molecule has 0 radical (unpaired) electrons. The lowest BCUT2D eigenvalue weighted by atomic mass is 10.1. The van der Waals surface area contributed by atoms with Gasteiger partial charge in [-0.1, -0.05) is 6.92 Å². The standard InChI is InChI=1S/C15H20N2O4/c1-4-11(3)16(5-2)14-8-7-13(17(20)21)10-12(14)6-9-15(18)19/h6-11H,4-5H2,1-3H3,(H,18,19)/b9-6+. The van der Waals surface area contributed by atoms with Crippen LogP contribution in [0, 0.1) is 10.1 Å². The van der Waals surface area contributed by atoms with Crippen molar-refractivity contribution < 1.29 is 14.8 Å². The van der Waals surface area contributed by atoms with Crippen molar-refractivity contribution in [2.45, 2.75) is 33.2 Å². The first-order chi connectivity index (χ1) is 9.90. The van der Waals surface area contributed by atoms with Gasteiger partial charge >= 0.3 is 5.97 Å². The number of anilines is 1. The van der Waals surface area contributed by atoms with Gasteiger partial charge in [-0.05, 0) is 32.4 Å². The van der Waals surface area contributed by atoms with E-state index >= 15 is 0 Å². The van der Waals surface area contributed by atoms with Crippen LogP contribution in [0.4, 0.5) is 11.4 Å². The highest BCUT2D eigenvalue weighted by Crippen LogP contribution is 2.28. The van der Waals surface area contributed by atoms with Crippen LogP contribution < -0.4 is 4.90 Å². The first-order valence-corrected chi connectivity index (χ1v) is 6.86. The van der Waals surface area contributed by atoms with Crippen molar-refractivity contribution in [2.75, 3.05) is 11.4 Å². The molecule has 114 valence electrons. The van der Waals surface area contributed by atoms with E-state index in [1.165, 1.54) is 18.2 Å². The molecule has 1 aromatic carbocycles. The monoisotopic (exact) mass is 292 g/mol. The van der Waals surface area contributed by atoms with Crippen molar-refractivity contribution in [3.8, 4) is 0 Å². The molecule has 0 aliphatic heterocycles. The van der Waals surface area contributed by atoms with Crippen molar-refractivity contribution in [1.82, 2.24) is 0 Å². The van der Waals surface area contributed by atoms with Crippen molar-refractivity contribution in [3.05, 3.63) is 40.0 Å². The average Bonchev–Trinajstić information content (AvgIpc) is 2.46. The predicted molar refractivity (Wildman–Crippen MR) is 82.5 cm³/mol. The molecule has 0 aliphatic rings. The maximum Gasteiger partial charge on any atom is 0.328 e. The number of hydrogen-bond donors (Lipinski definition) is 1. The Morgan fingerprint density at radius 2 is 2.14 bits per heavy atom. The second kappa shape index (κ2) is 7.42. The van der Waals surface area contributed by atoms with Crippen LogP contribution in [0.2, 0.25) is 0 Å². The highest BCUT2D eigenvalue weighted by molar-refractivity contribution is 5.87. The van der Waals surface area contributed by atoms with E-state index in [-0.39, 0.29) is 11.7 Å². The molecule has 21 heavy (non-hydrogen) atoms. The van der Waals surface area contributed by atoms with Crippen LogP contribution >= 0.6 is 0 Å². The number of aliphatic carboxylic acids is 1. The lowest BCUT2D eigenvalue weighted by molar-refractivity contribution is -0.384. The van der Waals surface area contributed by atoms with Gasteiger partial charge < -0.3 is 10.0 Å². The number of nitro benzene ring substituents is 1. The highest BCUT2D eigenvalue weighted by Gasteiger charge is 2.17. The maximum atomic E-state index is 10.9. The zero-order chi connectivity index (χ0) is 16.0. The SMILES string of the molecule is CCC(C)N(CC)c1ccc([N+](=O)[O-])cc1/C=C/C(=O)O. The molecule has 0 aromatic heterocycles. The zero-order valence-corrected chi connectivity index (χ0v) is 12.4. The molecule has 0 saturated carbocycles. The molecule has 0 amide bonds. The van der Waals surface area contributed by atoms with Gasteiger partial charge in [-0.25, -0.2) is 4.79 Å². The van der Waals surface area contributed by atoms with Crippen LogP contribution in [-0.4, -0.2) is 28.6 Å². The summed E-state index contributed by atoms with van der Waals surface area (Å²) in [5, 5.41) is 19.6. The molecule has 1 aromatic rings. The van der Waals surface area contributed by atoms with Crippen LogP contribution in [0.15, 0.2) is 24.3 Å². The zero-order valence-electron chi connectivity index (χ0n) is 12.4. The van der Waals surface area contributed by atoms with E-state index in [0.29, 0.717) is 5.56 Å². The van der Waals surface area contributed by atoms with E-state index < -0.39 is 10.9 Å². The number of carboxylic acids is 1. The van der Waals surface area contributed by atoms with Gasteiger partial charge in [0.2, 0.25) is 0 Å². The number of hydrogen-bond acceptors (Lipinski definition) is 4. The van der Waals surface area contributed by atoms with Crippen LogP contribution in [0.5, 0.6) is 0 Å². The Morgan fingerprint density at radius 3 is 2.62 bits per heavy atom. The van der Waals surface area contributed by atoms with Gasteiger partial charge in [0, 0.05) is 42.0 Å². The molecule has 6 heteroatoms. The molecule has 1 rings (SSSR count). The number of carbonyl (C=O) groups is 1. The third-order valence-corrected chi connectivity index (χ3v) is 3.40. The van der Waals surface area contributed by atoms with Gasteiger partial charge in [0.1, 0.15) is 0 Å². The number of benzene rings is 1. The largest absolute Gasteiger partial charge is 0.478 e.